The lowest BCUT2D eigenvalue weighted by atomic mass is 10.1. The predicted molar refractivity (Wildman–Crippen MR) is 75.8 cm³/mol. The van der Waals surface area contributed by atoms with Crippen molar-refractivity contribution in [3.05, 3.63) is 33.4 Å². The number of nitrogens with zero attached hydrogens (tertiary/aromatic N) is 2. The molecule has 0 aliphatic rings. The second-order valence-corrected chi connectivity index (χ2v) is 4.92. The maximum absolute atomic E-state index is 10.8. The third kappa shape index (κ3) is 3.68. The molecule has 1 aromatic rings. The molecule has 0 aliphatic carbocycles. The molecule has 1 unspecified atom stereocenters. The van der Waals surface area contributed by atoms with E-state index in [1.807, 2.05) is 6.92 Å². The third-order valence-electron chi connectivity index (χ3n) is 3.02. The van der Waals surface area contributed by atoms with E-state index >= 15 is 0 Å². The molecule has 0 amide bonds. The van der Waals surface area contributed by atoms with Crippen molar-refractivity contribution in [2.45, 2.75) is 33.2 Å². The average molecular weight is 277 g/mol. The Bertz CT molecular complexity index is 551. The molecule has 6 nitrogen and oxygen atoms in total. The number of hydrogen-bond donors (Lipinski definition) is 1. The minimum atomic E-state index is -0.781. The van der Waals surface area contributed by atoms with Crippen molar-refractivity contribution in [3.63, 3.8) is 0 Å². The van der Waals surface area contributed by atoms with Gasteiger partial charge in [-0.1, -0.05) is 6.92 Å². The summed E-state index contributed by atoms with van der Waals surface area (Å²) in [5.74, 6) is 0.562. The third-order valence-corrected chi connectivity index (χ3v) is 3.02. The lowest BCUT2D eigenvalue weighted by Gasteiger charge is -2.23. The van der Waals surface area contributed by atoms with Crippen LogP contribution < -0.4 is 10.1 Å². The molecule has 0 radical (unpaired) electrons. The average Bonchev–Trinajstić information content (AvgIpc) is 2.39. The number of rotatable bonds is 6. The smallest absolute Gasteiger partial charge is 0.272 e. The molecule has 1 N–H and O–H groups in total. The van der Waals surface area contributed by atoms with Gasteiger partial charge in [0.25, 0.3) is 5.69 Å². The van der Waals surface area contributed by atoms with Gasteiger partial charge in [-0.3, -0.25) is 15.4 Å². The molecule has 1 atom stereocenters. The van der Waals surface area contributed by atoms with Gasteiger partial charge in [-0.05, 0) is 38.9 Å². The fourth-order valence-corrected chi connectivity index (χ4v) is 1.86. The van der Waals surface area contributed by atoms with E-state index in [1.165, 1.54) is 6.07 Å². The summed E-state index contributed by atoms with van der Waals surface area (Å²) in [4.78, 5) is 10.4. The van der Waals surface area contributed by atoms with Crippen LogP contribution in [-0.2, 0) is 0 Å². The number of hydrogen-bond acceptors (Lipinski definition) is 5. The fraction of sp³-hybridized carbons (Fsp3) is 0.500. The molecule has 0 aromatic heterocycles. The van der Waals surface area contributed by atoms with Crippen molar-refractivity contribution in [2.75, 3.05) is 13.2 Å². The number of nitriles is 1. The maximum Gasteiger partial charge on any atom is 0.272 e. The van der Waals surface area contributed by atoms with Crippen LogP contribution in [-0.4, -0.2) is 23.6 Å². The zero-order valence-electron chi connectivity index (χ0n) is 12.2. The summed E-state index contributed by atoms with van der Waals surface area (Å²) < 4.78 is 5.65. The molecule has 0 heterocycles. The van der Waals surface area contributed by atoms with E-state index in [0.29, 0.717) is 23.4 Å². The van der Waals surface area contributed by atoms with Crippen molar-refractivity contribution in [1.29, 1.82) is 5.26 Å². The van der Waals surface area contributed by atoms with Gasteiger partial charge >= 0.3 is 0 Å². The summed E-state index contributed by atoms with van der Waals surface area (Å²) in [5, 5.41) is 23.0. The molecule has 20 heavy (non-hydrogen) atoms. The first-order valence-corrected chi connectivity index (χ1v) is 6.37. The maximum atomic E-state index is 10.8. The van der Waals surface area contributed by atoms with Gasteiger partial charge in [0, 0.05) is 11.6 Å². The molecule has 0 spiro atoms. The van der Waals surface area contributed by atoms with Gasteiger partial charge in [0.05, 0.1) is 11.0 Å². The van der Waals surface area contributed by atoms with Gasteiger partial charge < -0.3 is 4.74 Å². The lowest BCUT2D eigenvalue weighted by molar-refractivity contribution is -0.385. The second-order valence-electron chi connectivity index (χ2n) is 4.92. The highest BCUT2D eigenvalue weighted by Crippen LogP contribution is 2.28. The first kappa shape index (κ1) is 15.9. The van der Waals surface area contributed by atoms with Gasteiger partial charge in [0.15, 0.2) is 0 Å². The molecule has 0 saturated carbocycles. The quantitative estimate of drug-likeness (QED) is 0.637. The summed E-state index contributed by atoms with van der Waals surface area (Å²) in [6, 6.07) is 5.29. The molecular weight excluding hydrogens is 258 g/mol. The highest BCUT2D eigenvalue weighted by atomic mass is 16.6. The van der Waals surface area contributed by atoms with Crippen LogP contribution in [0.3, 0.4) is 0 Å². The van der Waals surface area contributed by atoms with Gasteiger partial charge in [-0.15, -0.1) is 0 Å². The molecule has 0 aliphatic heterocycles. The number of nitrogens with one attached hydrogen (secondary N) is 1. The van der Waals surface area contributed by atoms with E-state index in [1.54, 1.807) is 26.8 Å². The van der Waals surface area contributed by atoms with Crippen molar-refractivity contribution in [1.82, 2.24) is 5.32 Å². The standard InChI is InChI=1S/C14H19N3O3/c1-5-16-14(4,8-15)9-20-13-7-10(2)12(17(18)19)6-11(13)3/h6-7,16H,5,9H2,1-4H3. The minimum Gasteiger partial charge on any atom is -0.490 e. The van der Waals surface area contributed by atoms with E-state index in [0.717, 1.165) is 0 Å². The molecule has 6 heteroatoms. The van der Waals surface area contributed by atoms with Crippen molar-refractivity contribution in [2.24, 2.45) is 0 Å². The van der Waals surface area contributed by atoms with Crippen molar-refractivity contribution >= 4 is 5.69 Å². The number of benzene rings is 1. The summed E-state index contributed by atoms with van der Waals surface area (Å²) in [7, 11) is 0. The van der Waals surface area contributed by atoms with Crippen LogP contribution in [0.5, 0.6) is 5.75 Å². The van der Waals surface area contributed by atoms with Crippen LogP contribution >= 0.6 is 0 Å². The van der Waals surface area contributed by atoms with Crippen molar-refractivity contribution in [3.8, 4) is 11.8 Å². The SMILES string of the molecule is CCNC(C)(C#N)COc1cc(C)c([N+](=O)[O-])cc1C. The zero-order chi connectivity index (χ0) is 15.3. The molecular formula is C14H19N3O3. The monoisotopic (exact) mass is 277 g/mol. The van der Waals surface area contributed by atoms with E-state index in [9.17, 15) is 10.1 Å². The summed E-state index contributed by atoms with van der Waals surface area (Å²) >= 11 is 0. The fourth-order valence-electron chi connectivity index (χ4n) is 1.86. The Morgan fingerprint density at radius 1 is 1.45 bits per heavy atom. The van der Waals surface area contributed by atoms with Crippen LogP contribution in [0.25, 0.3) is 0 Å². The first-order valence-electron chi connectivity index (χ1n) is 6.37. The molecule has 108 valence electrons. The van der Waals surface area contributed by atoms with E-state index in [2.05, 4.69) is 11.4 Å². The second kappa shape index (κ2) is 6.35. The van der Waals surface area contributed by atoms with E-state index in [4.69, 9.17) is 10.00 Å². The minimum absolute atomic E-state index is 0.0737. The molecule has 1 aromatic carbocycles. The van der Waals surface area contributed by atoms with Gasteiger partial charge in [-0.25, -0.2) is 0 Å². The number of likely N-dealkylation sites (N-methyl/N-ethyl adjacent to an activating group) is 1. The Labute approximate surface area is 118 Å². The molecule has 0 saturated heterocycles. The Hall–Kier alpha value is -2.13. The van der Waals surface area contributed by atoms with E-state index in [-0.39, 0.29) is 12.3 Å². The van der Waals surface area contributed by atoms with Crippen LogP contribution in [0, 0.1) is 35.3 Å². The topological polar surface area (TPSA) is 88.2 Å². The largest absolute Gasteiger partial charge is 0.490 e. The van der Waals surface area contributed by atoms with Gasteiger partial charge in [0.2, 0.25) is 0 Å². The Morgan fingerprint density at radius 3 is 2.60 bits per heavy atom. The highest BCUT2D eigenvalue weighted by molar-refractivity contribution is 5.49. The number of ether oxygens (including phenoxy) is 1. The number of nitro groups is 1. The lowest BCUT2D eigenvalue weighted by Crippen LogP contribution is -2.46. The summed E-state index contributed by atoms with van der Waals surface area (Å²) in [6.07, 6.45) is 0. The zero-order valence-corrected chi connectivity index (χ0v) is 12.2. The number of aryl methyl sites for hydroxylation is 2. The summed E-state index contributed by atoms with van der Waals surface area (Å²) in [5.41, 5.74) is 0.512. The van der Waals surface area contributed by atoms with Gasteiger partial charge in [0.1, 0.15) is 17.9 Å². The normalized spacial score (nSPS) is 13.3. The van der Waals surface area contributed by atoms with Crippen molar-refractivity contribution < 1.29 is 9.66 Å². The highest BCUT2D eigenvalue weighted by Gasteiger charge is 2.24. The first-order chi connectivity index (χ1) is 9.33. The van der Waals surface area contributed by atoms with Crippen LogP contribution in [0.2, 0.25) is 0 Å². The Morgan fingerprint density at radius 2 is 2.10 bits per heavy atom. The van der Waals surface area contributed by atoms with E-state index < -0.39 is 10.5 Å². The molecule has 0 fully saturated rings. The molecule has 1 rings (SSSR count). The Kier molecular flexibility index (Phi) is 5.06. The van der Waals surface area contributed by atoms with Gasteiger partial charge in [-0.2, -0.15) is 5.26 Å². The van der Waals surface area contributed by atoms with Crippen LogP contribution in [0.1, 0.15) is 25.0 Å². The van der Waals surface area contributed by atoms with Crippen LogP contribution in [0.4, 0.5) is 5.69 Å². The number of nitro benzene ring substituents is 1. The van der Waals surface area contributed by atoms with Crippen LogP contribution in [0.15, 0.2) is 12.1 Å². The Balaban J connectivity index is 2.92. The predicted octanol–water partition coefficient (Wildman–Crippen LogP) is 2.48. The molecule has 0 bridgehead atoms. The summed E-state index contributed by atoms with van der Waals surface area (Å²) in [6.45, 7) is 7.92.